The minimum Gasteiger partial charge on any atom is -0.479 e. The number of esters is 1. The Kier molecular flexibility index (Phi) is 9.19. The smallest absolute Gasteiger partial charge is 0.479 e. The number of carboxylic acids is 1. The molecule has 3 saturated heterocycles. The quantitative estimate of drug-likeness (QED) is 0.225. The fraction of sp³-hybridized carbons (Fsp3) is 0.515. The molecule has 1 saturated carbocycles. The van der Waals surface area contributed by atoms with Gasteiger partial charge in [0.25, 0.3) is 0 Å². The average Bonchev–Trinajstić information content (AvgIpc) is 3.78. The van der Waals surface area contributed by atoms with Gasteiger partial charge in [-0.15, -0.1) is 13.2 Å². The van der Waals surface area contributed by atoms with E-state index >= 15 is 0 Å². The van der Waals surface area contributed by atoms with Crippen LogP contribution in [0.15, 0.2) is 47.1 Å². The molecule has 14 nitrogen and oxygen atoms in total. The molecule has 2 aromatic heterocycles. The molecule has 3 aromatic rings. The Morgan fingerprint density at radius 3 is 2.32 bits per heavy atom. The van der Waals surface area contributed by atoms with E-state index in [0.29, 0.717) is 30.0 Å². The molecule has 3 aliphatic heterocycles. The number of nitrogens with zero attached hydrogens (tertiary/aromatic N) is 3. The number of anilines is 1. The zero-order valence-electron chi connectivity index (χ0n) is 26.3. The maximum atomic E-state index is 13.2. The topological polar surface area (TPSA) is 194 Å². The number of hydrogen-bond donors (Lipinski definition) is 4. The summed E-state index contributed by atoms with van der Waals surface area (Å²) in [5.41, 5.74) is 1.02. The predicted octanol–water partition coefficient (Wildman–Crippen LogP) is 3.28. The molecule has 4 aliphatic rings. The number of alkyl halides is 3. The zero-order valence-corrected chi connectivity index (χ0v) is 26.3. The van der Waals surface area contributed by atoms with Crippen molar-refractivity contribution in [2.45, 2.75) is 106 Å². The summed E-state index contributed by atoms with van der Waals surface area (Å²) >= 11 is 0. The van der Waals surface area contributed by atoms with Gasteiger partial charge in [0.2, 0.25) is 6.29 Å². The van der Waals surface area contributed by atoms with Crippen molar-refractivity contribution in [3.63, 3.8) is 0 Å². The van der Waals surface area contributed by atoms with E-state index in [1.165, 1.54) is 30.5 Å². The molecule has 8 atom stereocenters. The number of carbonyl (C=O) groups excluding carboxylic acids is 1. The fourth-order valence-corrected chi connectivity index (χ4v) is 7.04. The normalized spacial score (nSPS) is 29.5. The van der Waals surface area contributed by atoms with E-state index in [1.54, 1.807) is 12.1 Å². The summed E-state index contributed by atoms with van der Waals surface area (Å²) in [4.78, 5) is 30.8. The summed E-state index contributed by atoms with van der Waals surface area (Å²) in [5.74, 6) is -1.60. The molecule has 1 aromatic carbocycles. The number of ether oxygens (including phenoxy) is 4. The van der Waals surface area contributed by atoms with Crippen LogP contribution in [0, 0.1) is 0 Å². The Labute approximate surface area is 282 Å². The average molecular weight is 706 g/mol. The van der Waals surface area contributed by atoms with Gasteiger partial charge in [-0.25, -0.2) is 14.6 Å². The van der Waals surface area contributed by atoms with E-state index in [9.17, 15) is 43.2 Å². The van der Waals surface area contributed by atoms with Crippen LogP contribution in [0.5, 0.6) is 5.75 Å². The fourth-order valence-electron chi connectivity index (χ4n) is 7.04. The Balaban J connectivity index is 0.999. The minimum atomic E-state index is -4.88. The number of aliphatic carboxylic acids is 1. The first-order chi connectivity index (χ1) is 23.9. The zero-order chi connectivity index (χ0) is 35.3. The minimum absolute atomic E-state index is 0.0131. The van der Waals surface area contributed by atoms with Gasteiger partial charge in [0.15, 0.2) is 6.10 Å². The molecule has 50 heavy (non-hydrogen) atoms. The maximum absolute atomic E-state index is 13.2. The van der Waals surface area contributed by atoms with Gasteiger partial charge >= 0.3 is 18.3 Å². The molecular weight excluding hydrogens is 671 g/mol. The van der Waals surface area contributed by atoms with E-state index in [4.69, 9.17) is 18.7 Å². The van der Waals surface area contributed by atoms with Crippen LogP contribution in [0.1, 0.15) is 66.1 Å². The lowest BCUT2D eigenvalue weighted by atomic mass is 9.99. The lowest BCUT2D eigenvalue weighted by Gasteiger charge is -2.39. The first kappa shape index (κ1) is 34.2. The number of piperidine rings is 1. The number of para-hydroxylation sites is 1. The Bertz CT molecular complexity index is 1700. The third-order valence-corrected chi connectivity index (χ3v) is 9.57. The number of pyridine rings is 1. The predicted molar refractivity (Wildman–Crippen MR) is 162 cm³/mol. The first-order valence-electron chi connectivity index (χ1n) is 16.2. The SMILES string of the molecule is O=C(O[C@@H]1OC(C(=O)O)C(O)[C@H](O)C1O)c1ccc(N2[C@@H]3CC[C@H]2C[C@@H](OCc2c(-c4ccccc4OC(F)(F)F)noc2C2CC2)C3)nc1. The third kappa shape index (κ3) is 6.87. The van der Waals surface area contributed by atoms with Crippen LogP contribution in [0.25, 0.3) is 11.3 Å². The highest BCUT2D eigenvalue weighted by molar-refractivity contribution is 5.89. The number of fused-ring (bicyclic) bond motifs is 2. The summed E-state index contributed by atoms with van der Waals surface area (Å²) in [6.45, 7) is 0.104. The molecule has 2 bridgehead atoms. The van der Waals surface area contributed by atoms with Crippen molar-refractivity contribution in [3.05, 3.63) is 59.5 Å². The number of aromatic nitrogens is 2. The highest BCUT2D eigenvalue weighted by Crippen LogP contribution is 2.46. The molecule has 0 radical (unpaired) electrons. The molecule has 4 N–H and O–H groups in total. The number of carboxylic acid groups (broad SMARTS) is 1. The summed E-state index contributed by atoms with van der Waals surface area (Å²) in [7, 11) is 0. The van der Waals surface area contributed by atoms with Gasteiger partial charge in [0, 0.05) is 35.3 Å². The van der Waals surface area contributed by atoms with Crippen LogP contribution >= 0.6 is 0 Å². The molecule has 7 rings (SSSR count). The van der Waals surface area contributed by atoms with Crippen molar-refractivity contribution in [2.75, 3.05) is 4.90 Å². The first-order valence-corrected chi connectivity index (χ1v) is 16.2. The van der Waals surface area contributed by atoms with Crippen molar-refractivity contribution >= 4 is 17.8 Å². The second kappa shape index (κ2) is 13.4. The highest BCUT2D eigenvalue weighted by atomic mass is 19.4. The molecule has 5 heterocycles. The van der Waals surface area contributed by atoms with Crippen LogP contribution in [0.4, 0.5) is 19.0 Å². The van der Waals surface area contributed by atoms with Crippen LogP contribution in [-0.2, 0) is 25.6 Å². The second-order valence-electron chi connectivity index (χ2n) is 12.9. The van der Waals surface area contributed by atoms with Crippen molar-refractivity contribution in [2.24, 2.45) is 0 Å². The van der Waals surface area contributed by atoms with Gasteiger partial charge in [0.05, 0.1) is 18.3 Å². The summed E-state index contributed by atoms with van der Waals surface area (Å²) in [6.07, 6.45) is -8.38. The summed E-state index contributed by atoms with van der Waals surface area (Å²) in [6, 6.07) is 9.06. The van der Waals surface area contributed by atoms with Crippen LogP contribution in [0.2, 0.25) is 0 Å². The van der Waals surface area contributed by atoms with Crippen LogP contribution in [0.3, 0.4) is 0 Å². The van der Waals surface area contributed by atoms with E-state index in [1.807, 2.05) is 0 Å². The van der Waals surface area contributed by atoms with Crippen molar-refractivity contribution in [1.82, 2.24) is 10.1 Å². The van der Waals surface area contributed by atoms with Crippen molar-refractivity contribution in [3.8, 4) is 17.0 Å². The number of rotatable bonds is 10. The molecule has 268 valence electrons. The van der Waals surface area contributed by atoms with Gasteiger partial charge in [-0.1, -0.05) is 17.3 Å². The van der Waals surface area contributed by atoms with Gasteiger partial charge in [0.1, 0.15) is 41.3 Å². The number of hydrogen-bond acceptors (Lipinski definition) is 13. The molecule has 17 heteroatoms. The van der Waals surface area contributed by atoms with Crippen molar-refractivity contribution < 1.29 is 66.7 Å². The molecular formula is C33H34F3N3O11. The van der Waals surface area contributed by atoms with Gasteiger partial charge in [-0.3, -0.25) is 0 Å². The number of aliphatic hydroxyl groups excluding tert-OH is 3. The standard InChI is InChI=1S/C33H34F3N3O11/c34-33(35,36)49-22-4-2-1-3-20(22)24-21(28(50-38-24)15-5-6-15)14-46-19-11-17-8-9-18(12-19)39(17)23-10-7-16(13-37-23)31(45)48-32-27(42)25(40)26(41)29(47-32)30(43)44/h1-4,7,10,13,15,17-19,25-27,29,32,40-42H,5-6,8-9,11-12,14H2,(H,43,44)/t17-,18+,19+,25-,26?,27?,29?,32-/m0/s1. The van der Waals surface area contributed by atoms with Crippen LogP contribution in [-0.4, -0.2) is 97.8 Å². The number of halogens is 3. The molecule has 1 aliphatic carbocycles. The maximum Gasteiger partial charge on any atom is 0.573 e. The lowest BCUT2D eigenvalue weighted by molar-refractivity contribution is -0.278. The molecule has 4 fully saturated rings. The largest absolute Gasteiger partial charge is 0.573 e. The summed E-state index contributed by atoms with van der Waals surface area (Å²) in [5, 5.41) is 43.4. The van der Waals surface area contributed by atoms with Gasteiger partial charge < -0.3 is 48.8 Å². The number of carbonyl (C=O) groups is 2. The van der Waals surface area contributed by atoms with Gasteiger partial charge in [-0.05, 0) is 62.8 Å². The highest BCUT2D eigenvalue weighted by Gasteiger charge is 2.49. The third-order valence-electron chi connectivity index (χ3n) is 9.57. The number of benzene rings is 1. The van der Waals surface area contributed by atoms with Crippen LogP contribution < -0.4 is 9.64 Å². The van der Waals surface area contributed by atoms with Crippen molar-refractivity contribution in [1.29, 1.82) is 0 Å². The van der Waals surface area contributed by atoms with E-state index in [0.717, 1.165) is 25.7 Å². The van der Waals surface area contributed by atoms with Gasteiger partial charge in [-0.2, -0.15) is 0 Å². The van der Waals surface area contributed by atoms with E-state index in [2.05, 4.69) is 19.8 Å². The summed E-state index contributed by atoms with van der Waals surface area (Å²) < 4.78 is 65.9. The molecule has 3 unspecified atom stereocenters. The Morgan fingerprint density at radius 1 is 0.960 bits per heavy atom. The van der Waals surface area contributed by atoms with E-state index < -0.39 is 49.0 Å². The number of aliphatic hydroxyl groups is 3. The molecule has 0 amide bonds. The monoisotopic (exact) mass is 705 g/mol. The second-order valence-corrected chi connectivity index (χ2v) is 12.9. The lowest BCUT2D eigenvalue weighted by Crippen LogP contribution is -2.60. The Morgan fingerprint density at radius 2 is 1.68 bits per heavy atom. The molecule has 0 spiro atoms. The van der Waals surface area contributed by atoms with E-state index in [-0.39, 0.29) is 53.3 Å². The Hall–Kier alpha value is -4.29.